The molecule has 0 bridgehead atoms. The van der Waals surface area contributed by atoms with Crippen LogP contribution in [-0.2, 0) is 0 Å². The number of halogens is 2. The first kappa shape index (κ1) is 13.7. The lowest BCUT2D eigenvalue weighted by molar-refractivity contribution is 0.196. The number of nitrogens with zero attached hydrogens (tertiary/aromatic N) is 1. The van der Waals surface area contributed by atoms with E-state index >= 15 is 0 Å². The molecule has 1 aromatic rings. The number of ether oxygens (including phenoxy) is 1. The molecule has 1 aromatic carbocycles. The molecule has 0 N–H and O–H groups in total. The van der Waals surface area contributed by atoms with E-state index in [1.807, 2.05) is 0 Å². The largest absolute Gasteiger partial charge is 0.435 e. The minimum absolute atomic E-state index is 0.165. The molecule has 0 aliphatic heterocycles. The van der Waals surface area contributed by atoms with Gasteiger partial charge in [-0.05, 0) is 52.0 Å². The van der Waals surface area contributed by atoms with Crippen LogP contribution in [0.2, 0.25) is 0 Å². The maximum atomic E-state index is 12.9. The number of carbonyl (C=O) groups excluding carboxylic acids is 1. The van der Waals surface area contributed by atoms with Crippen molar-refractivity contribution in [2.45, 2.75) is 0 Å². The van der Waals surface area contributed by atoms with Crippen LogP contribution in [0, 0.1) is 5.82 Å². The van der Waals surface area contributed by atoms with Gasteiger partial charge in [-0.3, -0.25) is 0 Å². The summed E-state index contributed by atoms with van der Waals surface area (Å²) in [5, 5.41) is 0. The van der Waals surface area contributed by atoms with E-state index < -0.39 is 11.9 Å². The summed E-state index contributed by atoms with van der Waals surface area (Å²) in [6.07, 6.45) is 2.95. The Bertz CT molecular complexity index is 388. The molecule has 0 aliphatic carbocycles. The van der Waals surface area contributed by atoms with Gasteiger partial charge in [0.25, 0.3) is 0 Å². The van der Waals surface area contributed by atoms with Crippen LogP contribution in [0.15, 0.2) is 22.7 Å². The molecule has 0 saturated carbocycles. The Balaban J connectivity index is 2.80. The molecule has 0 saturated heterocycles. The van der Waals surface area contributed by atoms with Crippen molar-refractivity contribution in [1.82, 2.24) is 3.71 Å². The molecule has 0 fully saturated rings. The normalized spacial score (nSPS) is 10.0. The average molecular weight is 326 g/mol. The minimum Gasteiger partial charge on any atom is -0.408 e. The fourth-order valence-corrected chi connectivity index (χ4v) is 2.21. The number of carbonyl (C=O) groups is 1. The van der Waals surface area contributed by atoms with Gasteiger partial charge < -0.3 is 4.74 Å². The van der Waals surface area contributed by atoms with Gasteiger partial charge in [-0.1, -0.05) is 0 Å². The fourth-order valence-electron chi connectivity index (χ4n) is 0.910. The van der Waals surface area contributed by atoms with Crippen molar-refractivity contribution in [3.8, 4) is 5.75 Å². The van der Waals surface area contributed by atoms with Gasteiger partial charge >= 0.3 is 6.09 Å². The molecule has 0 aromatic heterocycles. The third-order valence-corrected chi connectivity index (χ3v) is 4.08. The molecule has 0 heterocycles. The van der Waals surface area contributed by atoms with Crippen molar-refractivity contribution in [2.24, 2.45) is 0 Å². The lowest BCUT2D eigenvalue weighted by Gasteiger charge is -2.15. The smallest absolute Gasteiger partial charge is 0.408 e. The van der Waals surface area contributed by atoms with Crippen molar-refractivity contribution < 1.29 is 13.9 Å². The monoisotopic (exact) mass is 325 g/mol. The zero-order valence-electron chi connectivity index (χ0n) is 8.57. The second-order valence-electron chi connectivity index (χ2n) is 2.56. The van der Waals surface area contributed by atoms with Gasteiger partial charge in [0.05, 0.1) is 4.47 Å². The Morgan fingerprint density at radius 3 is 2.62 bits per heavy atom. The number of benzene rings is 1. The first-order chi connectivity index (χ1) is 7.58. The topological polar surface area (TPSA) is 29.5 Å². The SMILES string of the molecule is CSN(SC)C(=O)Oc1cc(F)ccc1Br. The molecular formula is C9H9BrFNO2S2. The third-order valence-electron chi connectivity index (χ3n) is 1.57. The Labute approximate surface area is 110 Å². The first-order valence-corrected chi connectivity index (χ1v) is 7.29. The highest BCUT2D eigenvalue weighted by Crippen LogP contribution is 2.27. The third kappa shape index (κ3) is 3.57. The molecule has 3 nitrogen and oxygen atoms in total. The second-order valence-corrected chi connectivity index (χ2v) is 5.11. The van der Waals surface area contributed by atoms with Crippen LogP contribution in [0.4, 0.5) is 9.18 Å². The van der Waals surface area contributed by atoms with Gasteiger partial charge in [0, 0.05) is 18.6 Å². The highest BCUT2D eigenvalue weighted by molar-refractivity contribution is 9.10. The van der Waals surface area contributed by atoms with Crippen molar-refractivity contribution in [3.63, 3.8) is 0 Å². The van der Waals surface area contributed by atoms with Gasteiger partial charge in [0.1, 0.15) is 11.6 Å². The number of rotatable bonds is 3. The van der Waals surface area contributed by atoms with Crippen molar-refractivity contribution in [1.29, 1.82) is 0 Å². The molecule has 0 spiro atoms. The highest BCUT2D eigenvalue weighted by Gasteiger charge is 2.16. The second kappa shape index (κ2) is 6.36. The van der Waals surface area contributed by atoms with Crippen LogP contribution >= 0.6 is 39.8 Å². The zero-order valence-corrected chi connectivity index (χ0v) is 11.8. The zero-order chi connectivity index (χ0) is 12.1. The standard InChI is InChI=1S/C9H9BrFNO2S2/c1-15-12(16-2)9(13)14-8-5-6(11)3-4-7(8)10/h3-5H,1-2H3. The summed E-state index contributed by atoms with van der Waals surface area (Å²) >= 11 is 5.62. The quantitative estimate of drug-likeness (QED) is 0.787. The Kier molecular flexibility index (Phi) is 5.43. The Hall–Kier alpha value is -0.400. The van der Waals surface area contributed by atoms with Crippen LogP contribution in [0.1, 0.15) is 0 Å². The van der Waals surface area contributed by atoms with Crippen molar-refractivity contribution in [2.75, 3.05) is 12.5 Å². The summed E-state index contributed by atoms with van der Waals surface area (Å²) in [6.45, 7) is 0. The number of hydrogen-bond donors (Lipinski definition) is 0. The number of amides is 1. The first-order valence-electron chi connectivity index (χ1n) is 4.13. The molecule has 0 atom stereocenters. The minimum atomic E-state index is -0.550. The van der Waals surface area contributed by atoms with E-state index in [1.165, 1.54) is 39.7 Å². The van der Waals surface area contributed by atoms with Crippen LogP contribution in [0.3, 0.4) is 0 Å². The summed E-state index contributed by atoms with van der Waals surface area (Å²) in [4.78, 5) is 11.6. The van der Waals surface area contributed by atoms with E-state index in [2.05, 4.69) is 15.9 Å². The predicted molar refractivity (Wildman–Crippen MR) is 69.0 cm³/mol. The Morgan fingerprint density at radius 2 is 2.06 bits per heavy atom. The summed E-state index contributed by atoms with van der Waals surface area (Å²) in [5.74, 6) is -0.288. The summed E-state index contributed by atoms with van der Waals surface area (Å²) in [5.41, 5.74) is 0. The van der Waals surface area contributed by atoms with Gasteiger partial charge in [-0.15, -0.1) is 0 Å². The highest BCUT2D eigenvalue weighted by atomic mass is 79.9. The van der Waals surface area contributed by atoms with E-state index in [1.54, 1.807) is 12.5 Å². The maximum absolute atomic E-state index is 12.9. The Morgan fingerprint density at radius 1 is 1.44 bits per heavy atom. The van der Waals surface area contributed by atoms with Crippen molar-refractivity contribution in [3.05, 3.63) is 28.5 Å². The molecule has 0 aliphatic rings. The molecule has 0 unspecified atom stereocenters. The van der Waals surface area contributed by atoms with Gasteiger partial charge in [-0.25, -0.2) is 9.18 Å². The average Bonchev–Trinajstić information content (AvgIpc) is 2.25. The van der Waals surface area contributed by atoms with Crippen LogP contribution in [0.5, 0.6) is 5.75 Å². The lowest BCUT2D eigenvalue weighted by Crippen LogP contribution is -2.20. The van der Waals surface area contributed by atoms with Gasteiger partial charge in [-0.2, -0.15) is 3.71 Å². The maximum Gasteiger partial charge on any atom is 0.435 e. The lowest BCUT2D eigenvalue weighted by atomic mass is 10.3. The molecule has 1 amide bonds. The van der Waals surface area contributed by atoms with E-state index in [-0.39, 0.29) is 5.75 Å². The van der Waals surface area contributed by atoms with E-state index in [4.69, 9.17) is 4.74 Å². The predicted octanol–water partition coefficient (Wildman–Crippen LogP) is 3.95. The number of hydrogen-bond acceptors (Lipinski definition) is 4. The van der Waals surface area contributed by atoms with Crippen LogP contribution < -0.4 is 4.74 Å². The molecule has 7 heteroatoms. The molecule has 16 heavy (non-hydrogen) atoms. The molecule has 88 valence electrons. The summed E-state index contributed by atoms with van der Waals surface area (Å²) in [6, 6.07) is 3.92. The van der Waals surface area contributed by atoms with E-state index in [9.17, 15) is 9.18 Å². The summed E-state index contributed by atoms with van der Waals surface area (Å²) < 4.78 is 19.8. The summed E-state index contributed by atoms with van der Waals surface area (Å²) in [7, 11) is 0. The van der Waals surface area contributed by atoms with Crippen LogP contribution in [-0.4, -0.2) is 22.3 Å². The van der Waals surface area contributed by atoms with Crippen LogP contribution in [0.25, 0.3) is 0 Å². The van der Waals surface area contributed by atoms with Crippen molar-refractivity contribution >= 4 is 45.9 Å². The van der Waals surface area contributed by atoms with Gasteiger partial charge in [0.15, 0.2) is 0 Å². The van der Waals surface area contributed by atoms with Gasteiger partial charge in [0.2, 0.25) is 0 Å². The molecule has 0 radical (unpaired) electrons. The van der Waals surface area contributed by atoms with E-state index in [0.717, 1.165) is 6.07 Å². The molecule has 1 rings (SSSR count). The molecular weight excluding hydrogens is 317 g/mol. The van der Waals surface area contributed by atoms with E-state index in [0.29, 0.717) is 4.47 Å². The fraction of sp³-hybridized carbons (Fsp3) is 0.222.